The molecule has 1 fully saturated rings. The average Bonchev–Trinajstić information content (AvgIpc) is 3.57. The third-order valence-corrected chi connectivity index (χ3v) is 8.12. The van der Waals surface area contributed by atoms with Crippen LogP contribution in [0, 0.1) is 0 Å². The Labute approximate surface area is 277 Å². The zero-order valence-electron chi connectivity index (χ0n) is 26.1. The first-order valence-corrected chi connectivity index (χ1v) is 15.6. The van der Waals surface area contributed by atoms with E-state index >= 15 is 0 Å². The molecule has 2 heterocycles. The Morgan fingerprint density at radius 1 is 0.708 bits per heavy atom. The number of carboxylic acid groups (broad SMARTS) is 1. The average molecular weight is 650 g/mol. The number of nitrogens with one attached hydrogen (secondary N) is 3. The monoisotopic (exact) mass is 649 g/mol. The summed E-state index contributed by atoms with van der Waals surface area (Å²) in [5, 5.41) is 18.1. The number of carbonyl (C=O) groups is 4. The van der Waals surface area contributed by atoms with Gasteiger partial charge < -0.3 is 35.4 Å². The normalized spacial score (nSPS) is 14.5. The van der Waals surface area contributed by atoms with E-state index in [0.29, 0.717) is 30.2 Å². The van der Waals surface area contributed by atoms with Crippen LogP contribution in [0.25, 0.3) is 0 Å². The molecule has 12 heteroatoms. The molecule has 48 heavy (non-hydrogen) atoms. The third-order valence-electron chi connectivity index (χ3n) is 8.12. The molecule has 4 N–H and O–H groups in total. The highest BCUT2D eigenvalue weighted by molar-refractivity contribution is 6.07. The first-order chi connectivity index (χ1) is 23.3. The van der Waals surface area contributed by atoms with Gasteiger partial charge in [0.25, 0.3) is 11.8 Å². The lowest BCUT2D eigenvalue weighted by atomic mass is 10.0. The summed E-state index contributed by atoms with van der Waals surface area (Å²) < 4.78 is 10.7. The van der Waals surface area contributed by atoms with Gasteiger partial charge in [0.2, 0.25) is 12.7 Å². The fourth-order valence-electron chi connectivity index (χ4n) is 5.64. The highest BCUT2D eigenvalue weighted by Gasteiger charge is 2.24. The highest BCUT2D eigenvalue weighted by Crippen LogP contribution is 2.33. The summed E-state index contributed by atoms with van der Waals surface area (Å²) in [7, 11) is 0. The molecular formula is C36H35N5O7. The molecule has 1 atom stereocenters. The molecule has 0 bridgehead atoms. The van der Waals surface area contributed by atoms with Gasteiger partial charge in [0, 0.05) is 60.8 Å². The van der Waals surface area contributed by atoms with Gasteiger partial charge in [-0.2, -0.15) is 0 Å². The highest BCUT2D eigenvalue weighted by atomic mass is 16.7. The molecule has 0 radical (unpaired) electrons. The number of benzene rings is 4. The van der Waals surface area contributed by atoms with E-state index in [0.717, 1.165) is 24.3 Å². The van der Waals surface area contributed by atoms with Crippen molar-refractivity contribution in [1.82, 2.24) is 10.2 Å². The number of anilines is 3. The van der Waals surface area contributed by atoms with Crippen LogP contribution in [-0.4, -0.2) is 79.3 Å². The van der Waals surface area contributed by atoms with Crippen LogP contribution >= 0.6 is 0 Å². The van der Waals surface area contributed by atoms with Gasteiger partial charge in [-0.05, 0) is 54.1 Å². The maximum absolute atomic E-state index is 13.4. The molecule has 12 nitrogen and oxygen atoms in total. The summed E-state index contributed by atoms with van der Waals surface area (Å²) >= 11 is 0. The van der Waals surface area contributed by atoms with Gasteiger partial charge in [0.1, 0.15) is 6.04 Å². The number of amides is 3. The molecule has 0 spiro atoms. The predicted molar refractivity (Wildman–Crippen MR) is 180 cm³/mol. The summed E-state index contributed by atoms with van der Waals surface area (Å²) in [5.41, 5.74) is 2.74. The van der Waals surface area contributed by atoms with Crippen molar-refractivity contribution < 1.29 is 33.8 Å². The number of piperazine rings is 1. The van der Waals surface area contributed by atoms with Crippen LogP contribution in [0.2, 0.25) is 0 Å². The second kappa shape index (κ2) is 14.7. The van der Waals surface area contributed by atoms with Crippen molar-refractivity contribution in [3.8, 4) is 11.5 Å². The number of carbonyl (C=O) groups excluding carboxylic acids is 3. The van der Waals surface area contributed by atoms with Gasteiger partial charge in [-0.3, -0.25) is 19.3 Å². The Kier molecular flexibility index (Phi) is 9.82. The Bertz CT molecular complexity index is 1790. The molecule has 1 saturated heterocycles. The first kappa shape index (κ1) is 32.1. The van der Waals surface area contributed by atoms with E-state index in [1.54, 1.807) is 48.5 Å². The molecule has 6 rings (SSSR count). The smallest absolute Gasteiger partial charge is 0.326 e. The van der Waals surface area contributed by atoms with Crippen LogP contribution < -0.4 is 30.3 Å². The molecule has 4 aromatic carbocycles. The van der Waals surface area contributed by atoms with Gasteiger partial charge in [-0.1, -0.05) is 48.5 Å². The lowest BCUT2D eigenvalue weighted by Gasteiger charge is -2.35. The van der Waals surface area contributed by atoms with E-state index in [2.05, 4.69) is 37.9 Å². The van der Waals surface area contributed by atoms with Crippen LogP contribution in [0.3, 0.4) is 0 Å². The lowest BCUT2D eigenvalue weighted by Crippen LogP contribution is -2.48. The van der Waals surface area contributed by atoms with Crippen LogP contribution in [-0.2, 0) is 16.0 Å². The minimum absolute atomic E-state index is 0.0598. The number of carboxylic acids is 1. The van der Waals surface area contributed by atoms with Crippen LogP contribution in [0.15, 0.2) is 97.1 Å². The van der Waals surface area contributed by atoms with Crippen molar-refractivity contribution in [3.05, 3.63) is 114 Å². The molecule has 3 amide bonds. The predicted octanol–water partition coefficient (Wildman–Crippen LogP) is 3.85. The number of rotatable bonds is 11. The van der Waals surface area contributed by atoms with E-state index in [4.69, 9.17) is 9.47 Å². The van der Waals surface area contributed by atoms with Crippen LogP contribution in [0.4, 0.5) is 17.1 Å². The number of nitrogens with zero attached hydrogens (tertiary/aromatic N) is 2. The van der Waals surface area contributed by atoms with Crippen molar-refractivity contribution in [3.63, 3.8) is 0 Å². The van der Waals surface area contributed by atoms with Gasteiger partial charge in [-0.15, -0.1) is 0 Å². The molecule has 4 aromatic rings. The zero-order chi connectivity index (χ0) is 33.5. The van der Waals surface area contributed by atoms with Gasteiger partial charge in [-0.25, -0.2) is 4.79 Å². The van der Waals surface area contributed by atoms with Gasteiger partial charge in [0.05, 0.1) is 6.54 Å². The molecule has 2 aliphatic rings. The number of hydrogen-bond donors (Lipinski definition) is 4. The topological polar surface area (TPSA) is 150 Å². The molecular weight excluding hydrogens is 614 g/mol. The summed E-state index contributed by atoms with van der Waals surface area (Å²) in [4.78, 5) is 56.2. The van der Waals surface area contributed by atoms with E-state index < -0.39 is 23.8 Å². The molecule has 0 aromatic heterocycles. The fraction of sp³-hybridized carbons (Fsp3) is 0.222. The van der Waals surface area contributed by atoms with E-state index in [1.807, 2.05) is 24.3 Å². The Morgan fingerprint density at radius 2 is 1.38 bits per heavy atom. The first-order valence-electron chi connectivity index (χ1n) is 15.6. The second-order valence-corrected chi connectivity index (χ2v) is 11.5. The SMILES string of the molecule is O=C(CN1CCN(c2ccccc2)CC1)Nc1cc(NC(=O)c2ccc3c(c2)OCO3)cc(C(=O)N[C@@H](Cc2ccccc2)C(=O)O)c1. The third kappa shape index (κ3) is 8.09. The second-order valence-electron chi connectivity index (χ2n) is 11.5. The Hall–Kier alpha value is -5.88. The Balaban J connectivity index is 1.17. The van der Waals surface area contributed by atoms with Crippen LogP contribution in [0.5, 0.6) is 11.5 Å². The number of ether oxygens (including phenoxy) is 2. The quantitative estimate of drug-likeness (QED) is 0.190. The van der Waals surface area contributed by atoms with Crippen molar-refractivity contribution in [1.29, 1.82) is 0 Å². The zero-order valence-corrected chi connectivity index (χ0v) is 26.1. The van der Waals surface area contributed by atoms with Crippen molar-refractivity contribution in [2.45, 2.75) is 12.5 Å². The standard InChI is InChI=1S/C36H35N5O7/c42-33(22-40-13-15-41(16-14-40)29-9-5-2-6-10-29)37-27-18-26(35(44)39-30(36(45)46)17-24-7-3-1-4-8-24)19-28(21-27)38-34(43)25-11-12-31-32(20-25)48-23-47-31/h1-12,18-21,30H,13-17,22-23H2,(H,37,42)(H,38,43)(H,39,44)(H,45,46)/t30-/m0/s1. The van der Waals surface area contributed by atoms with Crippen molar-refractivity contribution in [2.75, 3.05) is 55.1 Å². The summed E-state index contributed by atoms with van der Waals surface area (Å²) in [6.45, 7) is 3.13. The molecule has 0 unspecified atom stereocenters. The van der Waals surface area contributed by atoms with Crippen molar-refractivity contribution >= 4 is 40.8 Å². The number of fused-ring (bicyclic) bond motifs is 1. The van der Waals surface area contributed by atoms with E-state index in [9.17, 15) is 24.3 Å². The molecule has 0 aliphatic carbocycles. The largest absolute Gasteiger partial charge is 0.480 e. The fourth-order valence-corrected chi connectivity index (χ4v) is 5.64. The lowest BCUT2D eigenvalue weighted by molar-refractivity contribution is -0.139. The van der Waals surface area contributed by atoms with Gasteiger partial charge in [0.15, 0.2) is 11.5 Å². The summed E-state index contributed by atoms with van der Waals surface area (Å²) in [5.74, 6) is -1.68. The van der Waals surface area contributed by atoms with Crippen LogP contribution in [0.1, 0.15) is 26.3 Å². The maximum atomic E-state index is 13.4. The number of aliphatic carboxylic acids is 1. The molecule has 0 saturated carbocycles. The molecule has 246 valence electrons. The molecule has 2 aliphatic heterocycles. The number of hydrogen-bond acceptors (Lipinski definition) is 8. The van der Waals surface area contributed by atoms with Gasteiger partial charge >= 0.3 is 5.97 Å². The maximum Gasteiger partial charge on any atom is 0.326 e. The van der Waals surface area contributed by atoms with Crippen molar-refractivity contribution in [2.24, 2.45) is 0 Å². The minimum atomic E-state index is -1.21. The Morgan fingerprint density at radius 3 is 2.08 bits per heavy atom. The van der Waals surface area contributed by atoms with E-state index in [-0.39, 0.29) is 42.6 Å². The summed E-state index contributed by atoms with van der Waals surface area (Å²) in [6.07, 6.45) is 0.0730. The van der Waals surface area contributed by atoms with E-state index in [1.165, 1.54) is 12.1 Å². The summed E-state index contributed by atoms with van der Waals surface area (Å²) in [6, 6.07) is 27.1. The minimum Gasteiger partial charge on any atom is -0.480 e. The number of para-hydroxylation sites is 1.